The summed E-state index contributed by atoms with van der Waals surface area (Å²) < 4.78 is 0.936. The van der Waals surface area contributed by atoms with Crippen LogP contribution in [0.15, 0.2) is 73.3 Å². The Hall–Kier alpha value is -1.98. The summed E-state index contributed by atoms with van der Waals surface area (Å²) in [6.07, 6.45) is 0. The highest BCUT2D eigenvalue weighted by atomic mass is 32.2. The monoisotopic (exact) mass is 367 g/mol. The van der Waals surface area contributed by atoms with Gasteiger partial charge in [0.15, 0.2) is 0 Å². The molecule has 5 heteroatoms. The minimum absolute atomic E-state index is 0.0963. The highest BCUT2D eigenvalue weighted by Gasteiger charge is 2.34. The standard InChI is InChI=1S/C20H17NO2S2/c1-20(2,3)13-9-10-14-15(11-13)25-19(24-14)16-17(21-23-18(16)22)12-7-5-4-6-8-12/h4-11H,1-3H3. The maximum absolute atomic E-state index is 12.3. The number of carbonyl (C=O) groups is 1. The molecule has 4 rings (SSSR count). The lowest BCUT2D eigenvalue weighted by Gasteiger charge is -2.19. The molecule has 0 saturated heterocycles. The normalized spacial score (nSPS) is 19.6. The predicted molar refractivity (Wildman–Crippen MR) is 103 cm³/mol. The summed E-state index contributed by atoms with van der Waals surface area (Å²) in [6.45, 7) is 6.61. The van der Waals surface area contributed by atoms with E-state index >= 15 is 0 Å². The van der Waals surface area contributed by atoms with Crippen molar-refractivity contribution >= 4 is 35.2 Å². The molecule has 126 valence electrons. The number of hydrogen-bond donors (Lipinski definition) is 0. The van der Waals surface area contributed by atoms with E-state index < -0.39 is 0 Å². The summed E-state index contributed by atoms with van der Waals surface area (Å²) in [5.41, 5.74) is 3.46. The van der Waals surface area contributed by atoms with Gasteiger partial charge in [-0.15, -0.1) is 0 Å². The van der Waals surface area contributed by atoms with Gasteiger partial charge in [-0.05, 0) is 23.1 Å². The van der Waals surface area contributed by atoms with E-state index in [-0.39, 0.29) is 11.4 Å². The third-order valence-corrected chi connectivity index (χ3v) is 6.67. The van der Waals surface area contributed by atoms with Crippen LogP contribution in [0.1, 0.15) is 31.9 Å². The van der Waals surface area contributed by atoms with Crippen LogP contribution in [0, 0.1) is 0 Å². The molecule has 2 aromatic carbocycles. The molecule has 0 bridgehead atoms. The van der Waals surface area contributed by atoms with Crippen LogP contribution < -0.4 is 0 Å². The number of fused-ring (bicyclic) bond motifs is 1. The van der Waals surface area contributed by atoms with Gasteiger partial charge in [0.25, 0.3) is 0 Å². The fraction of sp³-hybridized carbons (Fsp3) is 0.200. The molecule has 25 heavy (non-hydrogen) atoms. The van der Waals surface area contributed by atoms with Gasteiger partial charge in [0.05, 0.1) is 4.24 Å². The fourth-order valence-electron chi connectivity index (χ4n) is 2.71. The Kier molecular flexibility index (Phi) is 4.01. The van der Waals surface area contributed by atoms with E-state index in [1.807, 2.05) is 30.3 Å². The van der Waals surface area contributed by atoms with E-state index in [1.54, 1.807) is 23.5 Å². The number of nitrogens with zero attached hydrogens (tertiary/aromatic N) is 1. The molecule has 0 atom stereocenters. The van der Waals surface area contributed by atoms with Gasteiger partial charge in [-0.3, -0.25) is 0 Å². The highest BCUT2D eigenvalue weighted by Crippen LogP contribution is 2.53. The highest BCUT2D eigenvalue weighted by molar-refractivity contribution is 8.24. The van der Waals surface area contributed by atoms with Crippen molar-refractivity contribution in [2.24, 2.45) is 5.16 Å². The van der Waals surface area contributed by atoms with Crippen LogP contribution in [0.25, 0.3) is 0 Å². The fourth-order valence-corrected chi connectivity index (χ4v) is 5.28. The predicted octanol–water partition coefficient (Wildman–Crippen LogP) is 5.35. The molecular formula is C20H17NO2S2. The lowest BCUT2D eigenvalue weighted by Crippen LogP contribution is -2.10. The molecule has 0 unspecified atom stereocenters. The minimum atomic E-state index is -0.377. The molecule has 0 N–H and O–H groups in total. The molecule has 2 aliphatic rings. The molecule has 0 amide bonds. The molecule has 0 aromatic heterocycles. The molecule has 2 aliphatic heterocycles. The first kappa shape index (κ1) is 16.5. The first-order valence-electron chi connectivity index (χ1n) is 8.03. The van der Waals surface area contributed by atoms with Gasteiger partial charge in [-0.25, -0.2) is 4.79 Å². The van der Waals surface area contributed by atoms with Gasteiger partial charge in [-0.1, -0.05) is 85.8 Å². The van der Waals surface area contributed by atoms with Crippen LogP contribution in [0.3, 0.4) is 0 Å². The van der Waals surface area contributed by atoms with Crippen molar-refractivity contribution in [1.82, 2.24) is 0 Å². The average molecular weight is 367 g/mol. The van der Waals surface area contributed by atoms with Crippen molar-refractivity contribution in [2.75, 3.05) is 0 Å². The van der Waals surface area contributed by atoms with E-state index in [9.17, 15) is 4.79 Å². The van der Waals surface area contributed by atoms with Crippen LogP contribution in [-0.2, 0) is 15.0 Å². The number of benzene rings is 2. The first-order valence-corrected chi connectivity index (χ1v) is 9.66. The van der Waals surface area contributed by atoms with E-state index in [1.165, 1.54) is 15.4 Å². The van der Waals surface area contributed by atoms with Crippen LogP contribution >= 0.6 is 23.5 Å². The molecule has 0 saturated carbocycles. The zero-order valence-electron chi connectivity index (χ0n) is 14.2. The Bertz CT molecular complexity index is 924. The topological polar surface area (TPSA) is 38.7 Å². The number of thioether (sulfide) groups is 2. The van der Waals surface area contributed by atoms with Crippen molar-refractivity contribution in [1.29, 1.82) is 0 Å². The quantitative estimate of drug-likeness (QED) is 0.503. The van der Waals surface area contributed by atoms with Gasteiger partial charge < -0.3 is 4.84 Å². The van der Waals surface area contributed by atoms with Crippen LogP contribution in [0.2, 0.25) is 0 Å². The van der Waals surface area contributed by atoms with Gasteiger partial charge >= 0.3 is 5.97 Å². The lowest BCUT2D eigenvalue weighted by atomic mass is 9.87. The Balaban J connectivity index is 1.74. The van der Waals surface area contributed by atoms with Gasteiger partial charge in [0, 0.05) is 15.4 Å². The summed E-state index contributed by atoms with van der Waals surface area (Å²) in [5, 5.41) is 4.02. The number of oxime groups is 1. The van der Waals surface area contributed by atoms with Crippen LogP contribution in [0.4, 0.5) is 0 Å². The van der Waals surface area contributed by atoms with Crippen molar-refractivity contribution in [2.45, 2.75) is 36.0 Å². The van der Waals surface area contributed by atoms with Crippen LogP contribution in [0.5, 0.6) is 0 Å². The smallest absolute Gasteiger partial charge is 0.312 e. The second-order valence-corrected chi connectivity index (χ2v) is 9.33. The second kappa shape index (κ2) is 6.07. The van der Waals surface area contributed by atoms with Gasteiger partial charge in [0.1, 0.15) is 11.3 Å². The molecule has 0 fully saturated rings. The summed E-state index contributed by atoms with van der Waals surface area (Å²) in [7, 11) is 0. The molecule has 0 spiro atoms. The summed E-state index contributed by atoms with van der Waals surface area (Å²) in [6, 6.07) is 16.2. The van der Waals surface area contributed by atoms with E-state index in [0.29, 0.717) is 11.3 Å². The number of rotatable bonds is 1. The molecular weight excluding hydrogens is 350 g/mol. The van der Waals surface area contributed by atoms with Crippen molar-refractivity contribution in [3.05, 3.63) is 69.5 Å². The van der Waals surface area contributed by atoms with Crippen molar-refractivity contribution < 1.29 is 9.63 Å². The zero-order chi connectivity index (χ0) is 17.6. The third-order valence-electron chi connectivity index (χ3n) is 4.13. The average Bonchev–Trinajstić information content (AvgIpc) is 3.17. The van der Waals surface area contributed by atoms with Crippen molar-refractivity contribution in [3.8, 4) is 0 Å². The van der Waals surface area contributed by atoms with Gasteiger partial charge in [-0.2, -0.15) is 0 Å². The summed E-state index contributed by atoms with van der Waals surface area (Å²) in [5.74, 6) is -0.377. The largest absolute Gasteiger partial charge is 0.369 e. The van der Waals surface area contributed by atoms with E-state index in [2.05, 4.69) is 44.1 Å². The minimum Gasteiger partial charge on any atom is -0.312 e. The van der Waals surface area contributed by atoms with Crippen LogP contribution in [-0.4, -0.2) is 11.7 Å². The molecule has 0 aliphatic carbocycles. The summed E-state index contributed by atoms with van der Waals surface area (Å²) >= 11 is 3.24. The first-order chi connectivity index (χ1) is 11.9. The van der Waals surface area contributed by atoms with E-state index in [4.69, 9.17) is 4.84 Å². The Morgan fingerprint density at radius 1 is 0.960 bits per heavy atom. The van der Waals surface area contributed by atoms with Gasteiger partial charge in [0.2, 0.25) is 0 Å². The zero-order valence-corrected chi connectivity index (χ0v) is 15.8. The molecule has 3 nitrogen and oxygen atoms in total. The maximum Gasteiger partial charge on any atom is 0.369 e. The number of hydrogen-bond acceptors (Lipinski definition) is 5. The maximum atomic E-state index is 12.3. The Morgan fingerprint density at radius 3 is 2.40 bits per heavy atom. The lowest BCUT2D eigenvalue weighted by molar-refractivity contribution is -0.136. The second-order valence-electron chi connectivity index (χ2n) is 6.96. The summed E-state index contributed by atoms with van der Waals surface area (Å²) in [4.78, 5) is 19.6. The Labute approximate surface area is 155 Å². The molecule has 2 heterocycles. The SMILES string of the molecule is CC(C)(C)c1ccc2c(c1)SC(=C1C(=O)ON=C1c1ccccc1)S2. The van der Waals surface area contributed by atoms with E-state index in [0.717, 1.165) is 9.80 Å². The molecule has 2 aromatic rings. The molecule has 0 radical (unpaired) electrons. The van der Waals surface area contributed by atoms with Crippen molar-refractivity contribution in [3.63, 3.8) is 0 Å². The number of carbonyl (C=O) groups excluding carboxylic acids is 1. The Morgan fingerprint density at radius 2 is 1.68 bits per heavy atom. The third kappa shape index (κ3) is 3.02.